The summed E-state index contributed by atoms with van der Waals surface area (Å²) < 4.78 is 27.4. The maximum absolute atomic E-state index is 12.2. The van der Waals surface area contributed by atoms with Gasteiger partial charge in [0.15, 0.2) is 17.8 Å². The standard InChI is InChI=1S/C18H18O8/c1-9(19)23-13-12-14(25-12)16-18(26-16,15(13)24-10(2)20)8-22-17(21)11-6-4-3-5-7-11/h3-7,12-16H,8H2,1-2H3/t12?,13-,14?,15+,16?,18+/m0/s1. The normalized spacial score (nSPS) is 36.2. The molecule has 1 aliphatic carbocycles. The molecule has 1 aromatic carbocycles. The molecule has 3 unspecified atom stereocenters. The molecular formula is C18H18O8. The zero-order valence-corrected chi connectivity index (χ0v) is 14.2. The first-order valence-electron chi connectivity index (χ1n) is 8.32. The van der Waals surface area contributed by atoms with Crippen LogP contribution in [0.4, 0.5) is 0 Å². The minimum Gasteiger partial charge on any atom is -0.459 e. The van der Waals surface area contributed by atoms with Crippen molar-refractivity contribution in [1.29, 1.82) is 0 Å². The quantitative estimate of drug-likeness (QED) is 0.427. The van der Waals surface area contributed by atoms with Crippen molar-refractivity contribution in [2.24, 2.45) is 0 Å². The summed E-state index contributed by atoms with van der Waals surface area (Å²) in [5.41, 5.74) is -0.661. The third kappa shape index (κ3) is 2.85. The number of ether oxygens (including phenoxy) is 5. The number of hydrogen-bond acceptors (Lipinski definition) is 8. The van der Waals surface area contributed by atoms with Crippen molar-refractivity contribution in [2.75, 3.05) is 6.61 Å². The average Bonchev–Trinajstić information content (AvgIpc) is 3.49. The highest BCUT2D eigenvalue weighted by molar-refractivity contribution is 5.89. The third-order valence-corrected chi connectivity index (χ3v) is 4.77. The fourth-order valence-electron chi connectivity index (χ4n) is 3.57. The molecule has 0 spiro atoms. The van der Waals surface area contributed by atoms with Gasteiger partial charge in [-0.05, 0) is 12.1 Å². The summed E-state index contributed by atoms with van der Waals surface area (Å²) in [6.07, 6.45) is -2.71. The van der Waals surface area contributed by atoms with Gasteiger partial charge >= 0.3 is 17.9 Å². The molecular weight excluding hydrogens is 344 g/mol. The van der Waals surface area contributed by atoms with Crippen LogP contribution in [0.25, 0.3) is 0 Å². The number of rotatable bonds is 5. The van der Waals surface area contributed by atoms with E-state index in [9.17, 15) is 14.4 Å². The Kier molecular flexibility index (Phi) is 3.96. The Bertz CT molecular complexity index is 747. The summed E-state index contributed by atoms with van der Waals surface area (Å²) in [6.45, 7) is 2.39. The number of epoxide rings is 2. The fourth-order valence-corrected chi connectivity index (χ4v) is 3.57. The molecule has 0 aromatic heterocycles. The van der Waals surface area contributed by atoms with Crippen LogP contribution < -0.4 is 0 Å². The first-order chi connectivity index (χ1) is 12.4. The van der Waals surface area contributed by atoms with Crippen LogP contribution >= 0.6 is 0 Å². The van der Waals surface area contributed by atoms with Gasteiger partial charge in [-0.2, -0.15) is 0 Å². The van der Waals surface area contributed by atoms with Crippen LogP contribution in [0.3, 0.4) is 0 Å². The second kappa shape index (κ2) is 6.07. The highest BCUT2D eigenvalue weighted by Crippen LogP contribution is 2.57. The lowest BCUT2D eigenvalue weighted by atomic mass is 9.84. The van der Waals surface area contributed by atoms with Crippen LogP contribution in [0.5, 0.6) is 0 Å². The topological polar surface area (TPSA) is 104 Å². The zero-order chi connectivity index (χ0) is 18.5. The highest BCUT2D eigenvalue weighted by atomic mass is 16.7. The predicted octanol–water partition coefficient (Wildman–Crippen LogP) is 0.625. The van der Waals surface area contributed by atoms with E-state index in [0.29, 0.717) is 5.56 Å². The molecule has 8 nitrogen and oxygen atoms in total. The number of fused-ring (bicyclic) bond motifs is 3. The molecule has 1 aromatic rings. The van der Waals surface area contributed by atoms with E-state index in [-0.39, 0.29) is 24.9 Å². The molecule has 0 N–H and O–H groups in total. The van der Waals surface area contributed by atoms with E-state index in [2.05, 4.69) is 0 Å². The molecule has 0 bridgehead atoms. The minimum absolute atomic E-state index is 0.131. The summed E-state index contributed by atoms with van der Waals surface area (Å²) >= 11 is 0. The van der Waals surface area contributed by atoms with E-state index >= 15 is 0 Å². The molecule has 8 heteroatoms. The Morgan fingerprint density at radius 1 is 1.04 bits per heavy atom. The molecule has 4 rings (SSSR count). The lowest BCUT2D eigenvalue weighted by Gasteiger charge is -2.32. The van der Waals surface area contributed by atoms with Gasteiger partial charge in [-0.3, -0.25) is 9.59 Å². The maximum Gasteiger partial charge on any atom is 0.338 e. The molecule has 2 heterocycles. The Labute approximate surface area is 149 Å². The maximum atomic E-state index is 12.2. The van der Waals surface area contributed by atoms with Crippen LogP contribution in [0.15, 0.2) is 30.3 Å². The van der Waals surface area contributed by atoms with Crippen LogP contribution in [-0.4, -0.2) is 60.6 Å². The van der Waals surface area contributed by atoms with Crippen molar-refractivity contribution in [3.63, 3.8) is 0 Å². The predicted molar refractivity (Wildman–Crippen MR) is 84.1 cm³/mol. The molecule has 2 aliphatic heterocycles. The summed E-state index contributed by atoms with van der Waals surface area (Å²) in [4.78, 5) is 35.2. The second-order valence-corrected chi connectivity index (χ2v) is 6.60. The number of carbonyl (C=O) groups is 3. The molecule has 138 valence electrons. The van der Waals surface area contributed by atoms with Crippen LogP contribution in [0.2, 0.25) is 0 Å². The third-order valence-electron chi connectivity index (χ3n) is 4.77. The molecule has 6 atom stereocenters. The Balaban J connectivity index is 1.52. The van der Waals surface area contributed by atoms with Crippen LogP contribution in [0, 0.1) is 0 Å². The van der Waals surface area contributed by atoms with Gasteiger partial charge in [0.2, 0.25) is 0 Å². The van der Waals surface area contributed by atoms with Gasteiger partial charge in [0.05, 0.1) is 5.56 Å². The number of carbonyl (C=O) groups excluding carboxylic acids is 3. The Morgan fingerprint density at radius 2 is 1.73 bits per heavy atom. The van der Waals surface area contributed by atoms with E-state index in [0.717, 1.165) is 0 Å². The van der Waals surface area contributed by atoms with Crippen LogP contribution in [0.1, 0.15) is 24.2 Å². The molecule has 2 saturated heterocycles. The van der Waals surface area contributed by atoms with Gasteiger partial charge in [0, 0.05) is 13.8 Å². The molecule has 3 fully saturated rings. The van der Waals surface area contributed by atoms with Crippen molar-refractivity contribution < 1.29 is 38.1 Å². The van der Waals surface area contributed by atoms with Gasteiger partial charge in [-0.1, -0.05) is 18.2 Å². The van der Waals surface area contributed by atoms with Crippen molar-refractivity contribution >= 4 is 17.9 Å². The molecule has 0 amide bonds. The van der Waals surface area contributed by atoms with Crippen molar-refractivity contribution in [3.8, 4) is 0 Å². The van der Waals surface area contributed by atoms with Crippen molar-refractivity contribution in [2.45, 2.75) is 50.0 Å². The minimum atomic E-state index is -1.06. The molecule has 3 aliphatic rings. The largest absolute Gasteiger partial charge is 0.459 e. The Hall–Kier alpha value is -2.45. The van der Waals surface area contributed by atoms with Gasteiger partial charge in [0.1, 0.15) is 24.9 Å². The van der Waals surface area contributed by atoms with Gasteiger partial charge in [0.25, 0.3) is 0 Å². The van der Waals surface area contributed by atoms with E-state index in [4.69, 9.17) is 23.7 Å². The van der Waals surface area contributed by atoms with E-state index in [1.54, 1.807) is 30.3 Å². The van der Waals surface area contributed by atoms with Crippen molar-refractivity contribution in [3.05, 3.63) is 35.9 Å². The fraction of sp³-hybridized carbons (Fsp3) is 0.500. The van der Waals surface area contributed by atoms with E-state index in [1.807, 2.05) is 0 Å². The van der Waals surface area contributed by atoms with E-state index < -0.39 is 35.7 Å². The number of esters is 3. The first kappa shape index (κ1) is 17.0. The first-order valence-corrected chi connectivity index (χ1v) is 8.32. The summed E-state index contributed by atoms with van der Waals surface area (Å²) in [5.74, 6) is -1.58. The van der Waals surface area contributed by atoms with Crippen LogP contribution in [-0.2, 0) is 33.3 Å². The second-order valence-electron chi connectivity index (χ2n) is 6.60. The molecule has 0 radical (unpaired) electrons. The molecule has 1 saturated carbocycles. The summed E-state index contributed by atoms with van der Waals surface area (Å²) in [6, 6.07) is 8.52. The average molecular weight is 362 g/mol. The summed E-state index contributed by atoms with van der Waals surface area (Å²) in [5, 5.41) is 0. The van der Waals surface area contributed by atoms with Gasteiger partial charge in [-0.15, -0.1) is 0 Å². The lowest BCUT2D eigenvalue weighted by molar-refractivity contribution is -0.175. The number of hydrogen-bond donors (Lipinski definition) is 0. The zero-order valence-electron chi connectivity index (χ0n) is 14.2. The SMILES string of the molecule is CC(=O)O[C@@H]1[C@@H](OC(C)=O)C2OC2C2O[C@@]21COC(=O)c1ccccc1. The highest BCUT2D eigenvalue weighted by Gasteiger charge is 2.81. The number of benzene rings is 1. The lowest BCUT2D eigenvalue weighted by Crippen LogP contribution is -2.55. The van der Waals surface area contributed by atoms with Gasteiger partial charge in [-0.25, -0.2) is 4.79 Å². The smallest absolute Gasteiger partial charge is 0.338 e. The molecule has 26 heavy (non-hydrogen) atoms. The van der Waals surface area contributed by atoms with Gasteiger partial charge < -0.3 is 23.7 Å². The summed E-state index contributed by atoms with van der Waals surface area (Å²) in [7, 11) is 0. The van der Waals surface area contributed by atoms with E-state index in [1.165, 1.54) is 13.8 Å². The van der Waals surface area contributed by atoms with Crippen molar-refractivity contribution in [1.82, 2.24) is 0 Å². The monoisotopic (exact) mass is 362 g/mol. The Morgan fingerprint density at radius 3 is 2.38 bits per heavy atom.